The van der Waals surface area contributed by atoms with Gasteiger partial charge in [-0.15, -0.1) is 0 Å². The molecular weight excluding hydrogens is 314 g/mol. The summed E-state index contributed by atoms with van der Waals surface area (Å²) >= 11 is 0. The highest BCUT2D eigenvalue weighted by molar-refractivity contribution is 5.65. The Morgan fingerprint density at radius 1 is 1.04 bits per heavy atom. The molecule has 2 aromatic heterocycles. The molecule has 0 saturated carbocycles. The average molecular weight is 337 g/mol. The number of anilines is 3. The topological polar surface area (TPSA) is 75.9 Å². The molecule has 0 radical (unpaired) electrons. The summed E-state index contributed by atoms with van der Waals surface area (Å²) in [5.74, 6) is 3.24. The largest absolute Gasteiger partial charge is 0.370 e. The minimum Gasteiger partial charge on any atom is -0.370 e. The number of rotatable bonds is 7. The van der Waals surface area contributed by atoms with E-state index in [0.29, 0.717) is 17.7 Å². The molecule has 3 aromatic rings. The zero-order valence-corrected chi connectivity index (χ0v) is 14.8. The van der Waals surface area contributed by atoms with Crippen LogP contribution in [0.25, 0.3) is 11.3 Å². The zero-order chi connectivity index (χ0) is 17.6. The highest BCUT2D eigenvalue weighted by atomic mass is 16.5. The summed E-state index contributed by atoms with van der Waals surface area (Å²) in [5.41, 5.74) is 1.89. The van der Waals surface area contributed by atoms with Crippen LogP contribution in [0.1, 0.15) is 26.0 Å². The summed E-state index contributed by atoms with van der Waals surface area (Å²) in [4.78, 5) is 9.15. The molecule has 2 N–H and O–H groups in total. The second kappa shape index (κ2) is 7.79. The van der Waals surface area contributed by atoms with Crippen LogP contribution in [-0.4, -0.2) is 21.7 Å². The van der Waals surface area contributed by atoms with Gasteiger partial charge < -0.3 is 15.2 Å². The van der Waals surface area contributed by atoms with E-state index in [0.717, 1.165) is 35.8 Å². The molecule has 0 aliphatic carbocycles. The number of benzene rings is 1. The highest BCUT2D eigenvalue weighted by Crippen LogP contribution is 2.23. The standard InChI is InChI=1S/C19H23N5O/c1-13(2)9-10-20-17-12-16(15-7-5-4-6-8-15)21-19(22-17)23-18-11-14(3)25-24-18/h4-8,11-13H,9-10H2,1-3H3,(H2,20,21,22,23,24). The lowest BCUT2D eigenvalue weighted by Gasteiger charge is -2.11. The summed E-state index contributed by atoms with van der Waals surface area (Å²) < 4.78 is 5.09. The Morgan fingerprint density at radius 2 is 1.84 bits per heavy atom. The number of hydrogen-bond donors (Lipinski definition) is 2. The maximum Gasteiger partial charge on any atom is 0.231 e. The molecule has 25 heavy (non-hydrogen) atoms. The third kappa shape index (κ3) is 4.79. The minimum absolute atomic E-state index is 0.488. The lowest BCUT2D eigenvalue weighted by Crippen LogP contribution is -2.08. The van der Waals surface area contributed by atoms with Crippen LogP contribution in [0.2, 0.25) is 0 Å². The van der Waals surface area contributed by atoms with Crippen molar-refractivity contribution < 1.29 is 4.52 Å². The van der Waals surface area contributed by atoms with Crippen molar-refractivity contribution in [1.29, 1.82) is 0 Å². The van der Waals surface area contributed by atoms with Crippen molar-refractivity contribution in [3.63, 3.8) is 0 Å². The average Bonchev–Trinajstić information content (AvgIpc) is 3.00. The van der Waals surface area contributed by atoms with E-state index < -0.39 is 0 Å². The maximum atomic E-state index is 5.09. The Balaban J connectivity index is 1.87. The first kappa shape index (κ1) is 17.0. The molecule has 0 aliphatic heterocycles. The number of nitrogens with one attached hydrogen (secondary N) is 2. The van der Waals surface area contributed by atoms with E-state index in [1.165, 1.54) is 0 Å². The van der Waals surface area contributed by atoms with Gasteiger partial charge in [-0.25, -0.2) is 4.98 Å². The first-order valence-electron chi connectivity index (χ1n) is 8.49. The van der Waals surface area contributed by atoms with Gasteiger partial charge in [-0.1, -0.05) is 49.3 Å². The van der Waals surface area contributed by atoms with Gasteiger partial charge in [-0.3, -0.25) is 0 Å². The molecule has 0 aliphatic rings. The second-order valence-corrected chi connectivity index (χ2v) is 6.39. The predicted octanol–water partition coefficient (Wildman–Crippen LogP) is 4.64. The molecule has 0 unspecified atom stereocenters. The number of hydrogen-bond acceptors (Lipinski definition) is 6. The Bertz CT molecular complexity index is 814. The molecule has 130 valence electrons. The van der Waals surface area contributed by atoms with E-state index in [9.17, 15) is 0 Å². The molecule has 0 saturated heterocycles. The van der Waals surface area contributed by atoms with E-state index in [2.05, 4.69) is 39.6 Å². The molecule has 0 amide bonds. The van der Waals surface area contributed by atoms with E-state index >= 15 is 0 Å². The van der Waals surface area contributed by atoms with Gasteiger partial charge >= 0.3 is 0 Å². The normalized spacial score (nSPS) is 10.9. The van der Waals surface area contributed by atoms with Gasteiger partial charge in [-0.2, -0.15) is 4.98 Å². The number of nitrogens with zero attached hydrogens (tertiary/aromatic N) is 3. The van der Waals surface area contributed by atoms with Crippen LogP contribution >= 0.6 is 0 Å². The first-order chi connectivity index (χ1) is 12.1. The number of aromatic nitrogens is 3. The Labute approximate surface area is 147 Å². The Kier molecular flexibility index (Phi) is 5.28. The van der Waals surface area contributed by atoms with Gasteiger partial charge in [0.25, 0.3) is 0 Å². The lowest BCUT2D eigenvalue weighted by atomic mass is 10.1. The molecule has 6 heteroatoms. The predicted molar refractivity (Wildman–Crippen MR) is 99.9 cm³/mol. The molecule has 6 nitrogen and oxygen atoms in total. The molecular formula is C19H23N5O. The quantitative estimate of drug-likeness (QED) is 0.654. The molecule has 0 fully saturated rings. The Morgan fingerprint density at radius 3 is 2.52 bits per heavy atom. The van der Waals surface area contributed by atoms with Crippen LogP contribution in [0.15, 0.2) is 47.0 Å². The lowest BCUT2D eigenvalue weighted by molar-refractivity contribution is 0.400. The smallest absolute Gasteiger partial charge is 0.231 e. The van der Waals surface area contributed by atoms with Gasteiger partial charge in [0.05, 0.1) is 5.69 Å². The van der Waals surface area contributed by atoms with E-state index in [-0.39, 0.29) is 0 Å². The second-order valence-electron chi connectivity index (χ2n) is 6.39. The van der Waals surface area contributed by atoms with E-state index in [1.807, 2.05) is 49.4 Å². The summed E-state index contributed by atoms with van der Waals surface area (Å²) in [6.07, 6.45) is 1.08. The van der Waals surface area contributed by atoms with Gasteiger partial charge in [0, 0.05) is 24.2 Å². The third-order valence-corrected chi connectivity index (χ3v) is 3.69. The van der Waals surface area contributed by atoms with Crippen LogP contribution in [0, 0.1) is 12.8 Å². The van der Waals surface area contributed by atoms with Crippen molar-refractivity contribution >= 4 is 17.6 Å². The fourth-order valence-electron chi connectivity index (χ4n) is 2.38. The third-order valence-electron chi connectivity index (χ3n) is 3.69. The summed E-state index contributed by atoms with van der Waals surface area (Å²) in [5, 5.41) is 10.4. The minimum atomic E-state index is 0.488. The van der Waals surface area contributed by atoms with Crippen molar-refractivity contribution in [1.82, 2.24) is 15.1 Å². The number of aryl methyl sites for hydroxylation is 1. The summed E-state index contributed by atoms with van der Waals surface area (Å²) in [7, 11) is 0. The van der Waals surface area contributed by atoms with Crippen LogP contribution in [0.5, 0.6) is 0 Å². The molecule has 2 heterocycles. The molecule has 3 rings (SSSR count). The van der Waals surface area contributed by atoms with Crippen molar-refractivity contribution in [2.75, 3.05) is 17.2 Å². The zero-order valence-electron chi connectivity index (χ0n) is 14.8. The first-order valence-corrected chi connectivity index (χ1v) is 8.49. The van der Waals surface area contributed by atoms with Crippen LogP contribution < -0.4 is 10.6 Å². The maximum absolute atomic E-state index is 5.09. The molecule has 0 bridgehead atoms. The monoisotopic (exact) mass is 337 g/mol. The van der Waals surface area contributed by atoms with E-state index in [4.69, 9.17) is 4.52 Å². The fourth-order valence-corrected chi connectivity index (χ4v) is 2.38. The summed E-state index contributed by atoms with van der Waals surface area (Å²) in [6.45, 7) is 7.12. The summed E-state index contributed by atoms with van der Waals surface area (Å²) in [6, 6.07) is 13.8. The fraction of sp³-hybridized carbons (Fsp3) is 0.316. The van der Waals surface area contributed by atoms with E-state index in [1.54, 1.807) is 0 Å². The van der Waals surface area contributed by atoms with Gasteiger partial charge in [0.15, 0.2) is 5.82 Å². The van der Waals surface area contributed by atoms with Crippen molar-refractivity contribution in [3.8, 4) is 11.3 Å². The van der Waals surface area contributed by atoms with Gasteiger partial charge in [0.1, 0.15) is 11.6 Å². The molecule has 0 atom stereocenters. The van der Waals surface area contributed by atoms with Crippen LogP contribution in [0.3, 0.4) is 0 Å². The SMILES string of the molecule is Cc1cc(Nc2nc(NCCC(C)C)cc(-c3ccccc3)n2)no1. The molecule has 0 spiro atoms. The van der Waals surface area contributed by atoms with Gasteiger partial charge in [-0.05, 0) is 19.3 Å². The van der Waals surface area contributed by atoms with Gasteiger partial charge in [0.2, 0.25) is 5.95 Å². The Hall–Kier alpha value is -2.89. The highest BCUT2D eigenvalue weighted by Gasteiger charge is 2.09. The van der Waals surface area contributed by atoms with Crippen LogP contribution in [0.4, 0.5) is 17.6 Å². The van der Waals surface area contributed by atoms with Crippen molar-refractivity contribution in [2.24, 2.45) is 5.92 Å². The van der Waals surface area contributed by atoms with Crippen molar-refractivity contribution in [2.45, 2.75) is 27.2 Å². The van der Waals surface area contributed by atoms with Crippen molar-refractivity contribution in [3.05, 3.63) is 48.2 Å². The van der Waals surface area contributed by atoms with Crippen LogP contribution in [-0.2, 0) is 0 Å². The molecule has 1 aromatic carbocycles.